The summed E-state index contributed by atoms with van der Waals surface area (Å²) in [5.41, 5.74) is 3.75. The first-order chi connectivity index (χ1) is 16.2. The van der Waals surface area contributed by atoms with Crippen LogP contribution in [-0.2, 0) is 24.8 Å². The highest BCUT2D eigenvalue weighted by Crippen LogP contribution is 2.39. The van der Waals surface area contributed by atoms with E-state index < -0.39 is 11.4 Å². The van der Waals surface area contributed by atoms with E-state index in [4.69, 9.17) is 9.47 Å². The van der Waals surface area contributed by atoms with Gasteiger partial charge in [0, 0.05) is 68.9 Å². The minimum absolute atomic E-state index is 0.215. The van der Waals surface area contributed by atoms with E-state index in [0.29, 0.717) is 31.9 Å². The summed E-state index contributed by atoms with van der Waals surface area (Å²) in [6.07, 6.45) is 6.60. The molecule has 3 aromatic rings. The van der Waals surface area contributed by atoms with Crippen molar-refractivity contribution in [3.05, 3.63) is 58.1 Å². The molecule has 1 N–H and O–H groups in total. The van der Waals surface area contributed by atoms with Gasteiger partial charge in [0.2, 0.25) is 0 Å². The van der Waals surface area contributed by atoms with Crippen LogP contribution < -0.4 is 10.2 Å². The predicted octanol–water partition coefficient (Wildman–Crippen LogP) is 4.25. The third kappa shape index (κ3) is 5.94. The van der Waals surface area contributed by atoms with Crippen molar-refractivity contribution in [2.75, 3.05) is 20.3 Å². The molecule has 0 fully saturated rings. The highest BCUT2D eigenvalue weighted by Gasteiger charge is 2.22. The fraction of sp³-hybridized carbons (Fsp3) is 0.423. The van der Waals surface area contributed by atoms with Crippen LogP contribution in [0.2, 0.25) is 0 Å². The van der Waals surface area contributed by atoms with Crippen molar-refractivity contribution in [3.63, 3.8) is 0 Å². The molecule has 0 bridgehead atoms. The minimum Gasteiger partial charge on any atom is -0.493 e. The number of ether oxygens (including phenoxy) is 2. The van der Waals surface area contributed by atoms with Crippen molar-refractivity contribution in [1.29, 1.82) is 0 Å². The monoisotopic (exact) mass is 467 g/mol. The van der Waals surface area contributed by atoms with Gasteiger partial charge in [-0.25, -0.2) is 4.79 Å². The lowest BCUT2D eigenvalue weighted by Gasteiger charge is -2.24. The van der Waals surface area contributed by atoms with Crippen molar-refractivity contribution in [2.24, 2.45) is 13.0 Å². The zero-order valence-electron chi connectivity index (χ0n) is 20.5. The Morgan fingerprint density at radius 2 is 1.88 bits per heavy atom. The highest BCUT2D eigenvalue weighted by molar-refractivity contribution is 5.88. The Hall–Kier alpha value is -3.39. The molecule has 0 radical (unpaired) electrons. The van der Waals surface area contributed by atoms with Crippen LogP contribution in [-0.4, -0.2) is 45.7 Å². The zero-order chi connectivity index (χ0) is 24.8. The van der Waals surface area contributed by atoms with Crippen LogP contribution in [0.4, 0.5) is 0 Å². The van der Waals surface area contributed by atoms with Crippen LogP contribution >= 0.6 is 0 Å². The summed E-state index contributed by atoms with van der Waals surface area (Å²) in [7, 11) is 3.51. The molecule has 3 heterocycles. The molecule has 4 rings (SSSR count). The normalized spacial score (nSPS) is 11.9. The number of methoxy groups -OCH3 is 1. The van der Waals surface area contributed by atoms with Gasteiger partial charge in [0.05, 0.1) is 18.5 Å². The largest absolute Gasteiger partial charge is 0.493 e. The maximum Gasteiger partial charge on any atom is 0.341 e. The Morgan fingerprint density at radius 3 is 2.50 bits per heavy atom. The first-order valence-electron chi connectivity index (χ1n) is 11.5. The van der Waals surface area contributed by atoms with Crippen LogP contribution in [0.5, 0.6) is 5.75 Å². The van der Waals surface area contributed by atoms with Crippen molar-refractivity contribution in [1.82, 2.24) is 14.3 Å². The van der Waals surface area contributed by atoms with Gasteiger partial charge in [0.15, 0.2) is 5.43 Å². The standard InChI is InChI=1S/C22H23N3O5.C4H10/c1-24-12-15(11-23-24)17-9-16-14(8-21(17)30-7-3-6-29-2)4-5-25-13-18(22(27)28)20(26)10-19(16)25;1-4(2)3/h8-13H,3-7H2,1-2H3,(H,27,28);4H,1-3H3. The summed E-state index contributed by atoms with van der Waals surface area (Å²) in [5.74, 6) is 0.382. The third-order valence-corrected chi connectivity index (χ3v) is 5.23. The molecule has 0 amide bonds. The number of benzene rings is 1. The molecule has 8 nitrogen and oxygen atoms in total. The lowest BCUT2D eigenvalue weighted by atomic mass is 9.92. The molecule has 34 heavy (non-hydrogen) atoms. The van der Waals surface area contributed by atoms with E-state index in [1.807, 2.05) is 29.9 Å². The SMILES string of the molecule is CC(C)C.COCCCOc1cc2c(cc1-c1cnn(C)c1)-c1cc(=O)c(C(=O)O)cn1CC2. The minimum atomic E-state index is -1.21. The van der Waals surface area contributed by atoms with Crippen molar-refractivity contribution >= 4 is 5.97 Å². The van der Waals surface area contributed by atoms with Crippen molar-refractivity contribution in [3.8, 4) is 28.1 Å². The Bertz CT molecular complexity index is 1210. The molecule has 0 unspecified atom stereocenters. The molecule has 0 saturated heterocycles. The van der Waals surface area contributed by atoms with Gasteiger partial charge in [0.1, 0.15) is 11.3 Å². The van der Waals surface area contributed by atoms with E-state index in [2.05, 4.69) is 25.9 Å². The number of fused-ring (bicyclic) bond motifs is 3. The van der Waals surface area contributed by atoms with Crippen molar-refractivity contribution in [2.45, 2.75) is 40.2 Å². The molecular weight excluding hydrogens is 434 g/mol. The first kappa shape index (κ1) is 25.2. The number of carbonyl (C=O) groups is 1. The van der Waals surface area contributed by atoms with E-state index in [-0.39, 0.29) is 5.56 Å². The number of nitrogens with zero attached hydrogens (tertiary/aromatic N) is 3. The summed E-state index contributed by atoms with van der Waals surface area (Å²) in [5, 5.41) is 13.5. The Balaban J connectivity index is 0.000000751. The maximum absolute atomic E-state index is 12.3. The Labute approximate surface area is 199 Å². The predicted molar refractivity (Wildman–Crippen MR) is 132 cm³/mol. The number of pyridine rings is 1. The second-order valence-electron chi connectivity index (χ2n) is 9.02. The van der Waals surface area contributed by atoms with Gasteiger partial charge in [-0.3, -0.25) is 9.48 Å². The lowest BCUT2D eigenvalue weighted by molar-refractivity contribution is 0.0694. The highest BCUT2D eigenvalue weighted by atomic mass is 16.5. The lowest BCUT2D eigenvalue weighted by Crippen LogP contribution is -2.22. The number of carboxylic acids is 1. The number of rotatable bonds is 7. The Morgan fingerprint density at radius 1 is 1.15 bits per heavy atom. The molecule has 0 atom stereocenters. The van der Waals surface area contributed by atoms with Crippen LogP contribution in [0.15, 0.2) is 41.6 Å². The third-order valence-electron chi connectivity index (χ3n) is 5.23. The van der Waals surface area contributed by atoms with E-state index in [1.165, 1.54) is 12.3 Å². The van der Waals surface area contributed by atoms with E-state index in [9.17, 15) is 14.7 Å². The number of carboxylic acid groups (broad SMARTS) is 1. The van der Waals surface area contributed by atoms with E-state index in [1.54, 1.807) is 18.0 Å². The molecule has 0 aliphatic carbocycles. The van der Waals surface area contributed by atoms with Gasteiger partial charge >= 0.3 is 5.97 Å². The average molecular weight is 468 g/mol. The second-order valence-corrected chi connectivity index (χ2v) is 9.02. The number of hydrogen-bond donors (Lipinski definition) is 1. The van der Waals surface area contributed by atoms with Gasteiger partial charge in [-0.1, -0.05) is 20.8 Å². The molecule has 182 valence electrons. The molecule has 0 spiro atoms. The van der Waals surface area contributed by atoms with E-state index >= 15 is 0 Å². The van der Waals surface area contributed by atoms with Gasteiger partial charge in [0.25, 0.3) is 0 Å². The smallest absolute Gasteiger partial charge is 0.341 e. The Kier molecular flexibility index (Phi) is 8.28. The summed E-state index contributed by atoms with van der Waals surface area (Å²) >= 11 is 0. The number of aromatic nitrogens is 3. The molecule has 1 aliphatic heterocycles. The van der Waals surface area contributed by atoms with Gasteiger partial charge in [-0.15, -0.1) is 0 Å². The van der Waals surface area contributed by atoms with Gasteiger partial charge in [-0.2, -0.15) is 5.10 Å². The summed E-state index contributed by atoms with van der Waals surface area (Å²) in [6, 6.07) is 5.43. The van der Waals surface area contributed by atoms with Crippen LogP contribution in [0.3, 0.4) is 0 Å². The number of aromatic carboxylic acids is 1. The van der Waals surface area contributed by atoms with Crippen LogP contribution in [0.25, 0.3) is 22.4 Å². The number of aryl methyl sites for hydroxylation is 3. The fourth-order valence-electron chi connectivity index (χ4n) is 3.75. The maximum atomic E-state index is 12.3. The van der Waals surface area contributed by atoms with Crippen LogP contribution in [0, 0.1) is 5.92 Å². The topological polar surface area (TPSA) is 95.6 Å². The summed E-state index contributed by atoms with van der Waals surface area (Å²) < 4.78 is 14.7. The molecule has 8 heteroatoms. The van der Waals surface area contributed by atoms with Crippen molar-refractivity contribution < 1.29 is 19.4 Å². The van der Waals surface area contributed by atoms with E-state index in [0.717, 1.165) is 40.3 Å². The molecular formula is C26H33N3O5. The average Bonchev–Trinajstić information content (AvgIpc) is 3.21. The summed E-state index contributed by atoms with van der Waals surface area (Å²) in [4.78, 5) is 23.7. The fourth-order valence-corrected chi connectivity index (χ4v) is 3.75. The second kappa shape index (κ2) is 11.2. The first-order valence-corrected chi connectivity index (χ1v) is 11.5. The number of hydrogen-bond acceptors (Lipinski definition) is 5. The zero-order valence-corrected chi connectivity index (χ0v) is 20.5. The summed E-state index contributed by atoms with van der Waals surface area (Å²) in [6.45, 7) is 8.24. The van der Waals surface area contributed by atoms with Crippen LogP contribution in [0.1, 0.15) is 43.1 Å². The molecule has 1 aliphatic rings. The molecule has 1 aromatic carbocycles. The quantitative estimate of drug-likeness (QED) is 0.522. The molecule has 0 saturated carbocycles. The molecule has 2 aromatic heterocycles. The van der Waals surface area contributed by atoms with Gasteiger partial charge in [-0.05, 0) is 30.0 Å². The van der Waals surface area contributed by atoms with Gasteiger partial charge < -0.3 is 19.1 Å².